The van der Waals surface area contributed by atoms with E-state index in [1.165, 1.54) is 0 Å². The lowest BCUT2D eigenvalue weighted by Gasteiger charge is -2.16. The SMILES string of the molecule is N#CCCC(Br)(C#N)OCBr. The molecule has 0 aliphatic rings. The fourth-order valence-corrected chi connectivity index (χ4v) is 1.47. The highest BCUT2D eigenvalue weighted by atomic mass is 79.9. The maximum absolute atomic E-state index is 8.59. The fourth-order valence-electron chi connectivity index (χ4n) is 0.463. The van der Waals surface area contributed by atoms with E-state index in [4.69, 9.17) is 15.3 Å². The zero-order valence-corrected chi connectivity index (χ0v) is 8.85. The molecule has 5 heteroatoms. The second-order valence-corrected chi connectivity index (χ2v) is 3.49. The molecule has 0 heterocycles. The summed E-state index contributed by atoms with van der Waals surface area (Å²) in [7, 11) is 0. The van der Waals surface area contributed by atoms with Crippen LogP contribution in [-0.2, 0) is 4.74 Å². The van der Waals surface area contributed by atoms with Crippen LogP contribution in [0.5, 0.6) is 0 Å². The second-order valence-electron chi connectivity index (χ2n) is 1.75. The predicted octanol–water partition coefficient (Wildman–Crippen LogP) is 2.27. The topological polar surface area (TPSA) is 56.8 Å². The third-order valence-corrected chi connectivity index (χ3v) is 2.04. The minimum Gasteiger partial charge on any atom is -0.339 e. The van der Waals surface area contributed by atoms with Crippen molar-refractivity contribution in [2.75, 3.05) is 5.52 Å². The third-order valence-electron chi connectivity index (χ3n) is 1.01. The van der Waals surface area contributed by atoms with Crippen molar-refractivity contribution in [3.05, 3.63) is 0 Å². The van der Waals surface area contributed by atoms with Gasteiger partial charge in [-0.1, -0.05) is 15.9 Å². The minimum absolute atomic E-state index is 0.275. The van der Waals surface area contributed by atoms with E-state index >= 15 is 0 Å². The number of rotatable bonds is 4. The summed E-state index contributed by atoms with van der Waals surface area (Å²) in [5, 5.41) is 16.8. The lowest BCUT2D eigenvalue weighted by Crippen LogP contribution is -2.21. The summed E-state index contributed by atoms with van der Waals surface area (Å²) in [5.74, 6) is 0. The fraction of sp³-hybridized carbons (Fsp3) is 0.667. The minimum atomic E-state index is -1.01. The number of ether oxygens (including phenoxy) is 1. The third kappa shape index (κ3) is 4.36. The van der Waals surface area contributed by atoms with Gasteiger partial charge in [0.05, 0.1) is 6.07 Å². The van der Waals surface area contributed by atoms with Crippen LogP contribution in [0.1, 0.15) is 12.8 Å². The maximum atomic E-state index is 8.59. The van der Waals surface area contributed by atoms with E-state index in [2.05, 4.69) is 31.9 Å². The summed E-state index contributed by atoms with van der Waals surface area (Å²) in [6.07, 6.45) is 0.664. The Morgan fingerprint density at radius 1 is 1.45 bits per heavy atom. The standard InChI is InChI=1S/C6H6Br2N2O/c7-5-11-6(8,4-10)2-1-3-9/h1-2,5H2. The summed E-state index contributed by atoms with van der Waals surface area (Å²) in [5.41, 5.74) is 0.275. The van der Waals surface area contributed by atoms with Crippen molar-refractivity contribution < 1.29 is 4.74 Å². The Morgan fingerprint density at radius 2 is 2.09 bits per heavy atom. The van der Waals surface area contributed by atoms with Crippen LogP contribution in [0.25, 0.3) is 0 Å². The van der Waals surface area contributed by atoms with Crippen molar-refractivity contribution in [1.82, 2.24) is 0 Å². The van der Waals surface area contributed by atoms with Crippen molar-refractivity contribution >= 4 is 31.9 Å². The molecular weight excluding hydrogens is 276 g/mol. The number of hydrogen-bond acceptors (Lipinski definition) is 3. The first kappa shape index (κ1) is 10.9. The van der Waals surface area contributed by atoms with Crippen LogP contribution in [-0.4, -0.2) is 10.0 Å². The van der Waals surface area contributed by atoms with Gasteiger partial charge in [-0.25, -0.2) is 0 Å². The van der Waals surface area contributed by atoms with E-state index in [9.17, 15) is 0 Å². The van der Waals surface area contributed by atoms with Crippen molar-refractivity contribution in [2.45, 2.75) is 17.4 Å². The molecule has 0 radical (unpaired) electrons. The first-order chi connectivity index (χ1) is 5.18. The van der Waals surface area contributed by atoms with Gasteiger partial charge in [0.2, 0.25) is 4.51 Å². The molecule has 0 aromatic carbocycles. The molecule has 1 unspecified atom stereocenters. The van der Waals surface area contributed by atoms with Crippen LogP contribution in [0.3, 0.4) is 0 Å². The molecule has 0 saturated heterocycles. The highest BCUT2D eigenvalue weighted by Gasteiger charge is 2.25. The van der Waals surface area contributed by atoms with Gasteiger partial charge >= 0.3 is 0 Å². The Bertz CT molecular complexity index is 196. The van der Waals surface area contributed by atoms with Crippen LogP contribution in [0.2, 0.25) is 0 Å². The molecule has 60 valence electrons. The molecule has 0 saturated carbocycles. The lowest BCUT2D eigenvalue weighted by atomic mass is 10.2. The van der Waals surface area contributed by atoms with Gasteiger partial charge in [-0.3, -0.25) is 0 Å². The van der Waals surface area contributed by atoms with E-state index < -0.39 is 4.51 Å². The smallest absolute Gasteiger partial charge is 0.211 e. The van der Waals surface area contributed by atoms with Gasteiger partial charge in [0.25, 0.3) is 0 Å². The predicted molar refractivity (Wildman–Crippen MR) is 47.0 cm³/mol. The van der Waals surface area contributed by atoms with Crippen LogP contribution in [0, 0.1) is 22.7 Å². The van der Waals surface area contributed by atoms with Crippen molar-refractivity contribution in [3.63, 3.8) is 0 Å². The van der Waals surface area contributed by atoms with E-state index in [1.807, 2.05) is 12.1 Å². The average Bonchev–Trinajstić information content (AvgIpc) is 2.02. The largest absolute Gasteiger partial charge is 0.339 e. The Labute approximate surface area is 82.2 Å². The van der Waals surface area contributed by atoms with Gasteiger partial charge in [-0.15, -0.1) is 0 Å². The van der Waals surface area contributed by atoms with Gasteiger partial charge in [-0.2, -0.15) is 10.5 Å². The van der Waals surface area contributed by atoms with E-state index in [1.54, 1.807) is 0 Å². The Balaban J connectivity index is 3.93. The molecule has 0 fully saturated rings. The van der Waals surface area contributed by atoms with Gasteiger partial charge in [0, 0.05) is 12.8 Å². The zero-order chi connectivity index (χ0) is 8.74. The molecule has 3 nitrogen and oxygen atoms in total. The molecule has 0 amide bonds. The zero-order valence-electron chi connectivity index (χ0n) is 5.68. The quantitative estimate of drug-likeness (QED) is 0.743. The summed E-state index contributed by atoms with van der Waals surface area (Å²) < 4.78 is 3.99. The van der Waals surface area contributed by atoms with Crippen molar-refractivity contribution in [2.24, 2.45) is 0 Å². The van der Waals surface area contributed by atoms with E-state index in [0.29, 0.717) is 12.8 Å². The van der Waals surface area contributed by atoms with E-state index in [0.717, 1.165) is 0 Å². The number of nitriles is 2. The van der Waals surface area contributed by atoms with Gasteiger partial charge < -0.3 is 4.74 Å². The molecule has 0 aliphatic carbocycles. The van der Waals surface area contributed by atoms with Gasteiger partial charge in [0.1, 0.15) is 11.6 Å². The van der Waals surface area contributed by atoms with Gasteiger partial charge in [-0.05, 0) is 15.9 Å². The molecule has 0 spiro atoms. The summed E-state index contributed by atoms with van der Waals surface area (Å²) in [4.78, 5) is 0. The van der Waals surface area contributed by atoms with Crippen LogP contribution in [0.15, 0.2) is 0 Å². The molecular formula is C6H6Br2N2O. The Morgan fingerprint density at radius 3 is 2.45 bits per heavy atom. The molecule has 0 N–H and O–H groups in total. The normalized spacial score (nSPS) is 14.5. The number of halogens is 2. The lowest BCUT2D eigenvalue weighted by molar-refractivity contribution is 0.107. The highest BCUT2D eigenvalue weighted by Crippen LogP contribution is 2.25. The van der Waals surface area contributed by atoms with Crippen LogP contribution >= 0.6 is 31.9 Å². The second kappa shape index (κ2) is 5.54. The molecule has 0 aromatic heterocycles. The first-order valence-corrected chi connectivity index (χ1v) is 4.77. The summed E-state index contributed by atoms with van der Waals surface area (Å²) in [6.45, 7) is 0. The van der Waals surface area contributed by atoms with Crippen molar-refractivity contribution in [1.29, 1.82) is 10.5 Å². The Hall–Kier alpha value is -0.100. The average molecular weight is 282 g/mol. The van der Waals surface area contributed by atoms with Crippen LogP contribution < -0.4 is 0 Å². The Kier molecular flexibility index (Phi) is 5.49. The highest BCUT2D eigenvalue weighted by molar-refractivity contribution is 9.10. The van der Waals surface area contributed by atoms with Crippen molar-refractivity contribution in [3.8, 4) is 12.1 Å². The molecule has 11 heavy (non-hydrogen) atoms. The molecule has 0 bridgehead atoms. The number of nitrogens with zero attached hydrogens (tertiary/aromatic N) is 2. The molecule has 0 aliphatic heterocycles. The molecule has 0 aromatic rings. The molecule has 1 atom stereocenters. The van der Waals surface area contributed by atoms with E-state index in [-0.39, 0.29) is 5.52 Å². The van der Waals surface area contributed by atoms with Crippen LogP contribution in [0.4, 0.5) is 0 Å². The summed E-state index contributed by atoms with van der Waals surface area (Å²) >= 11 is 6.11. The van der Waals surface area contributed by atoms with Gasteiger partial charge in [0.15, 0.2) is 0 Å². The summed E-state index contributed by atoms with van der Waals surface area (Å²) in [6, 6.07) is 3.87. The number of hydrogen-bond donors (Lipinski definition) is 0. The molecule has 0 rings (SSSR count). The monoisotopic (exact) mass is 280 g/mol. The number of alkyl halides is 2. The maximum Gasteiger partial charge on any atom is 0.211 e. The first-order valence-electron chi connectivity index (χ1n) is 2.85.